The van der Waals surface area contributed by atoms with Crippen LogP contribution in [0.5, 0.6) is 0 Å². The summed E-state index contributed by atoms with van der Waals surface area (Å²) in [5.74, 6) is -2.49. The summed E-state index contributed by atoms with van der Waals surface area (Å²) in [5, 5.41) is 52.5. The number of rotatable bonds is 6. The molecule has 12 heteroatoms. The Bertz CT molecular complexity index is 700. The normalized spacial score (nSPS) is 53.5. The minimum Gasteiger partial charge on any atom is -0.479 e. The molecular formula is C16H27NO11. The minimum atomic E-state index is -3.08. The first-order valence-electron chi connectivity index (χ1n) is 9.88. The molecule has 4 unspecified atom stereocenters. The van der Waals surface area contributed by atoms with Crippen molar-refractivity contribution in [2.45, 2.75) is 74.9 Å². The van der Waals surface area contributed by atoms with Crippen LogP contribution in [0.2, 0.25) is 0 Å². The maximum Gasteiger partial charge on any atom is 0.335 e. The van der Waals surface area contributed by atoms with Crippen LogP contribution in [0.3, 0.4) is 0 Å². The molecule has 0 spiro atoms. The maximum absolute atomic E-state index is 11.6. The van der Waals surface area contributed by atoms with E-state index in [0.29, 0.717) is 0 Å². The molecule has 6 N–H and O–H groups in total. The third-order valence-corrected chi connectivity index (χ3v) is 4.40. The molecule has 2 heterocycles. The van der Waals surface area contributed by atoms with Crippen LogP contribution in [0.1, 0.15) is 18.0 Å². The highest BCUT2D eigenvalue weighted by Gasteiger charge is 2.52. The summed E-state index contributed by atoms with van der Waals surface area (Å²) in [7, 11) is 0.895. The van der Waals surface area contributed by atoms with Crippen molar-refractivity contribution >= 4 is 11.9 Å². The molecule has 0 bridgehead atoms. The number of aliphatic hydroxyl groups excluding tert-OH is 4. The van der Waals surface area contributed by atoms with Crippen molar-refractivity contribution in [3.63, 3.8) is 0 Å². The van der Waals surface area contributed by atoms with Crippen LogP contribution in [0.25, 0.3) is 0 Å². The van der Waals surface area contributed by atoms with Gasteiger partial charge in [-0.1, -0.05) is 0 Å². The molecule has 2 aliphatic heterocycles. The van der Waals surface area contributed by atoms with Crippen LogP contribution in [-0.4, -0.2) is 112 Å². The lowest BCUT2D eigenvalue weighted by atomic mass is 9.92. The Kier molecular flexibility index (Phi) is 6.26. The van der Waals surface area contributed by atoms with Crippen molar-refractivity contribution in [1.82, 2.24) is 5.32 Å². The lowest BCUT2D eigenvalue weighted by Gasteiger charge is -2.47. The number of aliphatic carboxylic acids is 1. The Hall–Kier alpha value is -1.38. The standard InChI is InChI=1S/C16H27NO11/c1-5-8(17-6(2)19)12(9(20)7(4-18)26-5)27-16-11(22)10(21)13(25-3)14(28-16)15(23)24/h5,7-14,16,18,20-22H,4H2,1-3H3,(H,17,19)(H,23,24)/t5-,7?,8?,9+,10+,11?,12+,13-,14?,16+/m0/s1/i5D,13D,16D. The first-order valence-corrected chi connectivity index (χ1v) is 8.38. The fraction of sp³-hybridized carbons (Fsp3) is 0.875. The van der Waals surface area contributed by atoms with Crippen LogP contribution in [0.4, 0.5) is 0 Å². The van der Waals surface area contributed by atoms with Crippen molar-refractivity contribution in [3.8, 4) is 0 Å². The van der Waals surface area contributed by atoms with E-state index in [1.54, 1.807) is 0 Å². The Morgan fingerprint density at radius 1 is 1.18 bits per heavy atom. The van der Waals surface area contributed by atoms with Gasteiger partial charge in [-0.25, -0.2) is 4.79 Å². The summed E-state index contributed by atoms with van der Waals surface area (Å²) in [6.07, 6.45) is -19.7. The monoisotopic (exact) mass is 412 g/mol. The second kappa shape index (κ2) is 9.41. The van der Waals surface area contributed by atoms with E-state index >= 15 is 0 Å². The largest absolute Gasteiger partial charge is 0.479 e. The first kappa shape index (κ1) is 18.6. The fourth-order valence-corrected chi connectivity index (χ4v) is 3.02. The SMILES string of the molecule is [2H][C@@]1(O[C@@H]2C(NC(C)=O)[C@]([2H])(C)OC(CO)[C@H]2O)OC(C(=O)O)[C@@]([2H])(OC)[C@H](O)C1O. The average molecular weight is 412 g/mol. The predicted molar refractivity (Wildman–Crippen MR) is 89.0 cm³/mol. The number of methoxy groups -OCH3 is 1. The molecule has 0 aliphatic carbocycles. The zero-order valence-electron chi connectivity index (χ0n) is 18.4. The number of hydrogen-bond donors (Lipinski definition) is 6. The van der Waals surface area contributed by atoms with Crippen molar-refractivity contribution in [3.05, 3.63) is 0 Å². The Labute approximate surface area is 165 Å². The molecular weight excluding hydrogens is 382 g/mol. The summed E-state index contributed by atoms with van der Waals surface area (Å²) in [6, 6.07) is -1.48. The van der Waals surface area contributed by atoms with Gasteiger partial charge in [-0.05, 0) is 6.92 Å². The number of carboxylic acids is 1. The summed E-state index contributed by atoms with van der Waals surface area (Å²) < 4.78 is 45.0. The summed E-state index contributed by atoms with van der Waals surface area (Å²) >= 11 is 0. The van der Waals surface area contributed by atoms with Gasteiger partial charge in [-0.15, -0.1) is 0 Å². The van der Waals surface area contributed by atoms with Crippen molar-refractivity contribution in [2.75, 3.05) is 13.7 Å². The van der Waals surface area contributed by atoms with Gasteiger partial charge in [0.15, 0.2) is 12.4 Å². The van der Waals surface area contributed by atoms with Gasteiger partial charge in [0.2, 0.25) is 5.91 Å². The van der Waals surface area contributed by atoms with Crippen molar-refractivity contribution in [1.29, 1.82) is 0 Å². The van der Waals surface area contributed by atoms with E-state index in [4.69, 9.17) is 23.1 Å². The zero-order chi connectivity index (χ0) is 23.9. The van der Waals surface area contributed by atoms with E-state index in [1.807, 2.05) is 0 Å². The zero-order valence-corrected chi connectivity index (χ0v) is 15.4. The van der Waals surface area contributed by atoms with Gasteiger partial charge in [0.1, 0.15) is 36.6 Å². The number of aliphatic hydroxyl groups is 4. The van der Waals surface area contributed by atoms with Crippen LogP contribution in [0, 0.1) is 0 Å². The van der Waals surface area contributed by atoms with Gasteiger partial charge < -0.3 is 49.8 Å². The van der Waals surface area contributed by atoms with Crippen LogP contribution in [-0.2, 0) is 28.5 Å². The Balaban J connectivity index is 2.47. The molecule has 0 aromatic carbocycles. The number of hydrogen-bond acceptors (Lipinski definition) is 10. The molecule has 0 radical (unpaired) electrons. The highest BCUT2D eigenvalue weighted by atomic mass is 16.7. The highest BCUT2D eigenvalue weighted by Crippen LogP contribution is 2.30. The highest BCUT2D eigenvalue weighted by molar-refractivity contribution is 5.73. The number of nitrogens with one attached hydrogen (secondary N) is 1. The second-order valence-corrected chi connectivity index (χ2v) is 6.35. The minimum absolute atomic E-state index is 0.674. The number of carboxylic acid groups (broad SMARTS) is 1. The topological polar surface area (TPSA) is 184 Å². The second-order valence-electron chi connectivity index (χ2n) is 6.35. The lowest BCUT2D eigenvalue weighted by Crippen LogP contribution is -2.67. The van der Waals surface area contributed by atoms with E-state index < -0.39 is 79.6 Å². The van der Waals surface area contributed by atoms with E-state index in [0.717, 1.165) is 14.0 Å². The summed E-state index contributed by atoms with van der Waals surface area (Å²) in [5.41, 5.74) is 0. The van der Waals surface area contributed by atoms with Crippen LogP contribution < -0.4 is 5.32 Å². The number of carbonyl (C=O) groups is 2. The molecule has 2 aliphatic rings. The molecule has 28 heavy (non-hydrogen) atoms. The van der Waals surface area contributed by atoms with E-state index in [-0.39, 0.29) is 0 Å². The third kappa shape index (κ3) is 4.60. The molecule has 2 saturated heterocycles. The number of carbonyl (C=O) groups excluding carboxylic acids is 1. The van der Waals surface area contributed by atoms with Gasteiger partial charge >= 0.3 is 5.97 Å². The fourth-order valence-electron chi connectivity index (χ4n) is 3.02. The quantitative estimate of drug-likeness (QED) is 0.255. The van der Waals surface area contributed by atoms with Gasteiger partial charge in [0, 0.05) is 14.0 Å². The molecule has 0 aromatic heterocycles. The van der Waals surface area contributed by atoms with Crippen LogP contribution >= 0.6 is 0 Å². The van der Waals surface area contributed by atoms with Gasteiger partial charge in [0.25, 0.3) is 0 Å². The third-order valence-electron chi connectivity index (χ3n) is 4.40. The van der Waals surface area contributed by atoms with Gasteiger partial charge in [-0.2, -0.15) is 0 Å². The summed E-state index contributed by atoms with van der Waals surface area (Å²) in [4.78, 5) is 23.2. The molecule has 10 atom stereocenters. The van der Waals surface area contributed by atoms with Crippen LogP contribution in [0.15, 0.2) is 0 Å². The first-order chi connectivity index (χ1) is 14.1. The molecule has 12 nitrogen and oxygen atoms in total. The molecule has 0 aromatic rings. The number of ether oxygens (including phenoxy) is 4. The smallest absolute Gasteiger partial charge is 0.335 e. The van der Waals surface area contributed by atoms with E-state index in [2.05, 4.69) is 5.32 Å². The van der Waals surface area contributed by atoms with Gasteiger partial charge in [-0.3, -0.25) is 4.79 Å². The molecule has 1 amide bonds. The molecule has 162 valence electrons. The summed E-state index contributed by atoms with van der Waals surface area (Å²) in [6.45, 7) is 1.50. The Morgan fingerprint density at radius 2 is 1.82 bits per heavy atom. The van der Waals surface area contributed by atoms with Crippen molar-refractivity contribution < 1.29 is 58.2 Å². The Morgan fingerprint density at radius 3 is 2.32 bits per heavy atom. The molecule has 2 fully saturated rings. The molecule has 0 saturated carbocycles. The predicted octanol–water partition coefficient (Wildman–Crippen LogP) is -3.44. The van der Waals surface area contributed by atoms with Crippen molar-refractivity contribution in [2.24, 2.45) is 0 Å². The van der Waals surface area contributed by atoms with E-state index in [1.165, 1.54) is 6.92 Å². The average Bonchev–Trinajstić information content (AvgIpc) is 2.68. The maximum atomic E-state index is 11.6. The number of amides is 1. The van der Waals surface area contributed by atoms with Gasteiger partial charge in [0.05, 0.1) is 22.8 Å². The lowest BCUT2D eigenvalue weighted by molar-refractivity contribution is -0.327. The van der Waals surface area contributed by atoms with E-state index in [9.17, 15) is 35.1 Å². The molecule has 2 rings (SSSR count).